The maximum atomic E-state index is 12.9. The van der Waals surface area contributed by atoms with Gasteiger partial charge in [-0.3, -0.25) is 19.8 Å². The molecule has 1 fully saturated rings. The van der Waals surface area contributed by atoms with Crippen LogP contribution in [0.1, 0.15) is 11.1 Å². The van der Waals surface area contributed by atoms with Gasteiger partial charge in [-0.05, 0) is 17.2 Å². The number of rotatable bonds is 7. The van der Waals surface area contributed by atoms with Gasteiger partial charge in [0.05, 0.1) is 18.1 Å². The third-order valence-corrected chi connectivity index (χ3v) is 4.54. The summed E-state index contributed by atoms with van der Waals surface area (Å²) in [5, 5.41) is 14.0. The average molecular weight is 381 g/mol. The number of nitrogens with one attached hydrogen (secondary N) is 1. The first kappa shape index (κ1) is 19.7. The Kier molecular flexibility index (Phi) is 6.89. The van der Waals surface area contributed by atoms with E-state index >= 15 is 0 Å². The third kappa shape index (κ3) is 5.48. The lowest BCUT2D eigenvalue weighted by Gasteiger charge is -2.26. The van der Waals surface area contributed by atoms with Crippen LogP contribution < -0.4 is 5.32 Å². The minimum absolute atomic E-state index is 0.00566. The fraction of sp³-hybridized carbons (Fsp3) is 0.286. The van der Waals surface area contributed by atoms with E-state index in [9.17, 15) is 14.9 Å². The molecule has 7 heteroatoms. The molecule has 1 aliphatic heterocycles. The zero-order valence-electron chi connectivity index (χ0n) is 15.5. The van der Waals surface area contributed by atoms with Crippen LogP contribution in [0.2, 0.25) is 0 Å². The zero-order chi connectivity index (χ0) is 19.8. The zero-order valence-corrected chi connectivity index (χ0v) is 15.5. The van der Waals surface area contributed by atoms with Gasteiger partial charge in [-0.1, -0.05) is 42.5 Å². The van der Waals surface area contributed by atoms with Gasteiger partial charge in [-0.15, -0.1) is 0 Å². The molecule has 1 saturated heterocycles. The molecule has 3 rings (SSSR count). The summed E-state index contributed by atoms with van der Waals surface area (Å²) >= 11 is 0. The van der Waals surface area contributed by atoms with Gasteiger partial charge in [0.1, 0.15) is 0 Å². The second kappa shape index (κ2) is 9.77. The van der Waals surface area contributed by atoms with Crippen molar-refractivity contribution in [1.82, 2.24) is 10.2 Å². The van der Waals surface area contributed by atoms with Gasteiger partial charge in [-0.2, -0.15) is 0 Å². The summed E-state index contributed by atoms with van der Waals surface area (Å²) < 4.78 is 5.33. The molecule has 7 nitrogen and oxygen atoms in total. The SMILES string of the molecule is O=C(NCCN1CCOCC1)/C(=C/c1cccc([N+](=O)[O-])c1)c1ccccc1. The van der Waals surface area contributed by atoms with Gasteiger partial charge in [0.25, 0.3) is 11.6 Å². The fourth-order valence-corrected chi connectivity index (χ4v) is 3.04. The Morgan fingerprint density at radius 2 is 1.89 bits per heavy atom. The number of nitro groups is 1. The van der Waals surface area contributed by atoms with Crippen molar-refractivity contribution in [3.63, 3.8) is 0 Å². The molecule has 0 unspecified atom stereocenters. The average Bonchev–Trinajstić information content (AvgIpc) is 2.73. The minimum atomic E-state index is -0.443. The van der Waals surface area contributed by atoms with E-state index < -0.39 is 4.92 Å². The van der Waals surface area contributed by atoms with Crippen LogP contribution in [0.5, 0.6) is 0 Å². The highest BCUT2D eigenvalue weighted by atomic mass is 16.6. The molecular formula is C21H23N3O4. The van der Waals surface area contributed by atoms with Crippen molar-refractivity contribution in [1.29, 1.82) is 0 Å². The maximum Gasteiger partial charge on any atom is 0.270 e. The second-order valence-corrected chi connectivity index (χ2v) is 6.49. The highest BCUT2D eigenvalue weighted by Crippen LogP contribution is 2.21. The predicted molar refractivity (Wildman–Crippen MR) is 108 cm³/mol. The second-order valence-electron chi connectivity index (χ2n) is 6.49. The Morgan fingerprint density at radius 3 is 2.61 bits per heavy atom. The molecule has 1 aliphatic rings. The summed E-state index contributed by atoms with van der Waals surface area (Å²) in [6.45, 7) is 4.45. The van der Waals surface area contributed by atoms with Crippen molar-refractivity contribution < 1.29 is 14.5 Å². The van der Waals surface area contributed by atoms with Crippen molar-refractivity contribution in [2.24, 2.45) is 0 Å². The fourth-order valence-electron chi connectivity index (χ4n) is 3.04. The number of carbonyl (C=O) groups is 1. The van der Waals surface area contributed by atoms with E-state index in [2.05, 4.69) is 10.2 Å². The molecular weight excluding hydrogens is 358 g/mol. The number of benzene rings is 2. The molecule has 2 aromatic carbocycles. The molecule has 2 aromatic rings. The molecule has 1 amide bonds. The molecule has 0 aliphatic carbocycles. The first-order chi connectivity index (χ1) is 13.6. The standard InChI is InChI=1S/C21H23N3O4/c25-21(22-9-10-23-11-13-28-14-12-23)20(18-6-2-1-3-7-18)16-17-5-4-8-19(15-17)24(26)27/h1-8,15-16H,9-14H2,(H,22,25)/b20-16+. The molecule has 146 valence electrons. The summed E-state index contributed by atoms with van der Waals surface area (Å²) in [6, 6.07) is 15.6. The molecule has 0 radical (unpaired) electrons. The largest absolute Gasteiger partial charge is 0.379 e. The van der Waals surface area contributed by atoms with Crippen LogP contribution in [0.4, 0.5) is 5.69 Å². The lowest BCUT2D eigenvalue weighted by atomic mass is 10.0. The number of hydrogen-bond donors (Lipinski definition) is 1. The molecule has 0 spiro atoms. The number of ether oxygens (including phenoxy) is 1. The van der Waals surface area contributed by atoms with Gasteiger partial charge in [0, 0.05) is 43.9 Å². The number of nitrogens with zero attached hydrogens (tertiary/aromatic N) is 2. The van der Waals surface area contributed by atoms with Crippen molar-refractivity contribution in [3.05, 3.63) is 75.8 Å². The Morgan fingerprint density at radius 1 is 1.14 bits per heavy atom. The van der Waals surface area contributed by atoms with Crippen LogP contribution in [0, 0.1) is 10.1 Å². The Labute approximate surface area is 163 Å². The Hall–Kier alpha value is -3.03. The quantitative estimate of drug-likeness (QED) is 0.345. The summed E-state index contributed by atoms with van der Waals surface area (Å²) in [6.07, 6.45) is 1.69. The molecule has 1 heterocycles. The van der Waals surface area contributed by atoms with E-state index in [0.717, 1.165) is 38.4 Å². The van der Waals surface area contributed by atoms with Crippen LogP contribution in [-0.2, 0) is 9.53 Å². The molecule has 0 saturated carbocycles. The van der Waals surface area contributed by atoms with Gasteiger partial charge in [-0.25, -0.2) is 0 Å². The lowest BCUT2D eigenvalue weighted by Crippen LogP contribution is -2.41. The number of nitro benzene ring substituents is 1. The Balaban J connectivity index is 1.76. The van der Waals surface area contributed by atoms with Gasteiger partial charge >= 0.3 is 0 Å². The first-order valence-corrected chi connectivity index (χ1v) is 9.23. The van der Waals surface area contributed by atoms with E-state index in [1.807, 2.05) is 30.3 Å². The predicted octanol–water partition coefficient (Wildman–Crippen LogP) is 2.58. The number of carbonyl (C=O) groups excluding carboxylic acids is 1. The van der Waals surface area contributed by atoms with E-state index in [0.29, 0.717) is 17.7 Å². The third-order valence-electron chi connectivity index (χ3n) is 4.54. The molecule has 0 aromatic heterocycles. The first-order valence-electron chi connectivity index (χ1n) is 9.23. The normalized spacial score (nSPS) is 15.2. The van der Waals surface area contributed by atoms with Gasteiger partial charge in [0.15, 0.2) is 0 Å². The lowest BCUT2D eigenvalue weighted by molar-refractivity contribution is -0.384. The highest BCUT2D eigenvalue weighted by Gasteiger charge is 2.14. The summed E-state index contributed by atoms with van der Waals surface area (Å²) in [4.78, 5) is 25.7. The number of hydrogen-bond acceptors (Lipinski definition) is 5. The van der Waals surface area contributed by atoms with Crippen molar-refractivity contribution >= 4 is 23.2 Å². The summed E-state index contributed by atoms with van der Waals surface area (Å²) in [7, 11) is 0. The summed E-state index contributed by atoms with van der Waals surface area (Å²) in [5.41, 5.74) is 1.84. The maximum absolute atomic E-state index is 12.9. The van der Waals surface area contributed by atoms with E-state index in [4.69, 9.17) is 4.74 Å². The minimum Gasteiger partial charge on any atom is -0.379 e. The van der Waals surface area contributed by atoms with Crippen LogP contribution >= 0.6 is 0 Å². The van der Waals surface area contributed by atoms with Crippen LogP contribution in [0.15, 0.2) is 54.6 Å². The van der Waals surface area contributed by atoms with Crippen LogP contribution in [0.25, 0.3) is 11.6 Å². The number of morpholine rings is 1. The number of non-ortho nitro benzene ring substituents is 1. The summed E-state index contributed by atoms with van der Waals surface area (Å²) in [5.74, 6) is -0.203. The van der Waals surface area contributed by atoms with Crippen molar-refractivity contribution in [2.75, 3.05) is 39.4 Å². The van der Waals surface area contributed by atoms with Gasteiger partial charge in [0.2, 0.25) is 0 Å². The smallest absolute Gasteiger partial charge is 0.270 e. The topological polar surface area (TPSA) is 84.7 Å². The Bertz CT molecular complexity index is 846. The van der Waals surface area contributed by atoms with Crippen molar-refractivity contribution in [2.45, 2.75) is 0 Å². The number of amides is 1. The van der Waals surface area contributed by atoms with E-state index in [-0.39, 0.29) is 11.6 Å². The van der Waals surface area contributed by atoms with Gasteiger partial charge < -0.3 is 10.1 Å². The van der Waals surface area contributed by atoms with Crippen molar-refractivity contribution in [3.8, 4) is 0 Å². The molecule has 0 atom stereocenters. The van der Waals surface area contributed by atoms with Crippen LogP contribution in [-0.4, -0.2) is 55.1 Å². The highest BCUT2D eigenvalue weighted by molar-refractivity contribution is 6.24. The van der Waals surface area contributed by atoms with E-state index in [1.54, 1.807) is 18.2 Å². The molecule has 28 heavy (non-hydrogen) atoms. The molecule has 1 N–H and O–H groups in total. The van der Waals surface area contributed by atoms with Crippen LogP contribution in [0.3, 0.4) is 0 Å². The monoisotopic (exact) mass is 381 g/mol. The molecule has 0 bridgehead atoms. The van der Waals surface area contributed by atoms with E-state index in [1.165, 1.54) is 12.1 Å².